The number of nitrogens with one attached hydrogen (secondary N) is 1. The average molecular weight is 264 g/mol. The Kier molecular flexibility index (Phi) is 4.26. The van der Waals surface area contributed by atoms with Gasteiger partial charge in [-0.2, -0.15) is 0 Å². The first-order valence-corrected chi connectivity index (χ1v) is 6.59. The molecular formula is C14H18ClN3. The Hall–Kier alpha value is -1.48. The lowest BCUT2D eigenvalue weighted by Gasteiger charge is -2.09. The lowest BCUT2D eigenvalue weighted by atomic mass is 10.2. The first kappa shape index (κ1) is 13.0. The summed E-state index contributed by atoms with van der Waals surface area (Å²) in [7, 11) is 0. The van der Waals surface area contributed by atoms with Gasteiger partial charge in [-0.25, -0.2) is 4.98 Å². The van der Waals surface area contributed by atoms with Crippen molar-refractivity contribution >= 4 is 17.5 Å². The van der Waals surface area contributed by atoms with Crippen molar-refractivity contribution in [3.63, 3.8) is 0 Å². The van der Waals surface area contributed by atoms with Gasteiger partial charge in [0.05, 0.1) is 5.69 Å². The summed E-state index contributed by atoms with van der Waals surface area (Å²) in [6, 6.07) is 7.86. The molecule has 1 N–H and O–H groups in total. The summed E-state index contributed by atoms with van der Waals surface area (Å²) in [6.07, 6.45) is 3.16. The lowest BCUT2D eigenvalue weighted by Crippen LogP contribution is -2.07. The van der Waals surface area contributed by atoms with Gasteiger partial charge in [0, 0.05) is 24.3 Å². The Morgan fingerprint density at radius 2 is 2.11 bits per heavy atom. The molecule has 1 heterocycles. The fraction of sp³-hybridized carbons (Fsp3) is 0.357. The Bertz CT molecular complexity index is 520. The Morgan fingerprint density at radius 3 is 2.83 bits per heavy atom. The number of rotatable bonds is 5. The Balaban J connectivity index is 2.08. The van der Waals surface area contributed by atoms with Crippen molar-refractivity contribution in [3.8, 4) is 0 Å². The maximum atomic E-state index is 6.13. The van der Waals surface area contributed by atoms with E-state index in [0.29, 0.717) is 6.54 Å². The molecule has 3 nitrogen and oxygen atoms in total. The molecule has 0 aliphatic rings. The minimum Gasteiger partial charge on any atom is -0.352 e. The molecule has 0 aliphatic carbocycles. The highest BCUT2D eigenvalue weighted by atomic mass is 35.5. The molecule has 0 amide bonds. The smallest absolute Gasteiger partial charge is 0.203 e. The van der Waals surface area contributed by atoms with E-state index in [2.05, 4.69) is 28.0 Å². The molecule has 0 saturated heterocycles. The zero-order valence-electron chi connectivity index (χ0n) is 10.8. The number of imidazole rings is 1. The molecule has 96 valence electrons. The van der Waals surface area contributed by atoms with E-state index in [9.17, 15) is 0 Å². The molecule has 0 spiro atoms. The number of nitrogens with zero attached hydrogens (tertiary/aromatic N) is 2. The quantitative estimate of drug-likeness (QED) is 0.888. The molecular weight excluding hydrogens is 246 g/mol. The average Bonchev–Trinajstić information content (AvgIpc) is 2.69. The maximum Gasteiger partial charge on any atom is 0.203 e. The first-order chi connectivity index (χ1) is 8.70. The summed E-state index contributed by atoms with van der Waals surface area (Å²) in [4.78, 5) is 4.48. The van der Waals surface area contributed by atoms with Crippen LogP contribution in [0.4, 0.5) is 5.95 Å². The van der Waals surface area contributed by atoms with E-state index in [4.69, 9.17) is 11.6 Å². The molecule has 18 heavy (non-hydrogen) atoms. The second kappa shape index (κ2) is 5.91. The van der Waals surface area contributed by atoms with Gasteiger partial charge in [-0.1, -0.05) is 36.7 Å². The topological polar surface area (TPSA) is 29.9 Å². The van der Waals surface area contributed by atoms with Crippen LogP contribution in [0.25, 0.3) is 0 Å². The second-order valence-electron chi connectivity index (χ2n) is 4.34. The fourth-order valence-corrected chi connectivity index (χ4v) is 2.12. The van der Waals surface area contributed by atoms with Gasteiger partial charge in [0.1, 0.15) is 0 Å². The van der Waals surface area contributed by atoms with Gasteiger partial charge in [0.2, 0.25) is 5.95 Å². The van der Waals surface area contributed by atoms with E-state index in [1.807, 2.05) is 31.2 Å². The largest absolute Gasteiger partial charge is 0.352 e. The van der Waals surface area contributed by atoms with Crippen molar-refractivity contribution in [2.24, 2.45) is 0 Å². The van der Waals surface area contributed by atoms with Crippen molar-refractivity contribution in [1.29, 1.82) is 0 Å². The summed E-state index contributed by atoms with van der Waals surface area (Å²) < 4.78 is 2.15. The van der Waals surface area contributed by atoms with Gasteiger partial charge >= 0.3 is 0 Å². The highest BCUT2D eigenvalue weighted by Crippen LogP contribution is 2.17. The van der Waals surface area contributed by atoms with Gasteiger partial charge in [-0.15, -0.1) is 0 Å². The fourth-order valence-electron chi connectivity index (χ4n) is 1.92. The molecule has 1 aromatic heterocycles. The van der Waals surface area contributed by atoms with E-state index in [-0.39, 0.29) is 0 Å². The van der Waals surface area contributed by atoms with Crippen LogP contribution in [0.1, 0.15) is 24.6 Å². The molecule has 0 fully saturated rings. The van der Waals surface area contributed by atoms with Crippen molar-refractivity contribution in [2.45, 2.75) is 33.4 Å². The predicted octanol–water partition coefficient (Wildman–Crippen LogP) is 3.87. The van der Waals surface area contributed by atoms with Crippen LogP contribution in [0.2, 0.25) is 5.02 Å². The van der Waals surface area contributed by atoms with Crippen LogP contribution in [0, 0.1) is 6.92 Å². The number of hydrogen-bond acceptors (Lipinski definition) is 2. The highest BCUT2D eigenvalue weighted by Gasteiger charge is 2.05. The van der Waals surface area contributed by atoms with E-state index in [0.717, 1.165) is 35.2 Å². The molecule has 0 saturated carbocycles. The van der Waals surface area contributed by atoms with Crippen LogP contribution in [0.3, 0.4) is 0 Å². The predicted molar refractivity (Wildman–Crippen MR) is 76.0 cm³/mol. The van der Waals surface area contributed by atoms with Crippen LogP contribution < -0.4 is 5.32 Å². The minimum absolute atomic E-state index is 0.694. The number of hydrogen-bond donors (Lipinski definition) is 1. The molecule has 2 aromatic rings. The van der Waals surface area contributed by atoms with Gasteiger partial charge in [0.25, 0.3) is 0 Å². The molecule has 2 rings (SSSR count). The van der Waals surface area contributed by atoms with Gasteiger partial charge < -0.3 is 9.88 Å². The Morgan fingerprint density at radius 1 is 1.33 bits per heavy atom. The number of benzene rings is 1. The van der Waals surface area contributed by atoms with Crippen molar-refractivity contribution in [2.75, 3.05) is 5.32 Å². The van der Waals surface area contributed by atoms with Crippen LogP contribution >= 0.6 is 11.6 Å². The molecule has 0 atom stereocenters. The molecule has 1 aromatic carbocycles. The summed E-state index contributed by atoms with van der Waals surface area (Å²) in [5, 5.41) is 4.13. The number of anilines is 1. The lowest BCUT2D eigenvalue weighted by molar-refractivity contribution is 0.681. The third-order valence-electron chi connectivity index (χ3n) is 2.76. The van der Waals surface area contributed by atoms with Gasteiger partial charge in [0.15, 0.2) is 0 Å². The maximum absolute atomic E-state index is 6.13. The standard InChI is InChI=1S/C14H18ClN3/c1-3-8-18-10-11(2)17-14(18)16-9-12-6-4-5-7-13(12)15/h4-7,10H,3,8-9H2,1-2H3,(H,16,17). The highest BCUT2D eigenvalue weighted by molar-refractivity contribution is 6.31. The number of aryl methyl sites for hydroxylation is 2. The third kappa shape index (κ3) is 3.05. The van der Waals surface area contributed by atoms with E-state index < -0.39 is 0 Å². The molecule has 0 aliphatic heterocycles. The van der Waals surface area contributed by atoms with Crippen LogP contribution in [-0.4, -0.2) is 9.55 Å². The van der Waals surface area contributed by atoms with E-state index >= 15 is 0 Å². The summed E-state index contributed by atoms with van der Waals surface area (Å²) in [5.41, 5.74) is 2.12. The zero-order chi connectivity index (χ0) is 13.0. The second-order valence-corrected chi connectivity index (χ2v) is 4.75. The van der Waals surface area contributed by atoms with Gasteiger partial charge in [-0.05, 0) is 25.0 Å². The molecule has 0 radical (unpaired) electrons. The third-order valence-corrected chi connectivity index (χ3v) is 3.13. The van der Waals surface area contributed by atoms with Crippen molar-refractivity contribution < 1.29 is 0 Å². The van der Waals surface area contributed by atoms with Gasteiger partial charge in [-0.3, -0.25) is 0 Å². The molecule has 4 heteroatoms. The zero-order valence-corrected chi connectivity index (χ0v) is 11.5. The number of halogens is 1. The summed E-state index contributed by atoms with van der Waals surface area (Å²) in [5.74, 6) is 0.911. The summed E-state index contributed by atoms with van der Waals surface area (Å²) in [6.45, 7) is 5.84. The van der Waals surface area contributed by atoms with Crippen LogP contribution in [0.15, 0.2) is 30.5 Å². The van der Waals surface area contributed by atoms with E-state index in [1.54, 1.807) is 0 Å². The van der Waals surface area contributed by atoms with E-state index in [1.165, 1.54) is 0 Å². The minimum atomic E-state index is 0.694. The first-order valence-electron chi connectivity index (χ1n) is 6.21. The Labute approximate surface area is 113 Å². The SMILES string of the molecule is CCCn1cc(C)nc1NCc1ccccc1Cl. The number of aromatic nitrogens is 2. The normalized spacial score (nSPS) is 10.6. The monoisotopic (exact) mass is 263 g/mol. The van der Waals surface area contributed by atoms with Crippen molar-refractivity contribution in [1.82, 2.24) is 9.55 Å². The van der Waals surface area contributed by atoms with Crippen LogP contribution in [0.5, 0.6) is 0 Å². The molecule has 0 bridgehead atoms. The molecule has 0 unspecified atom stereocenters. The van der Waals surface area contributed by atoms with Crippen LogP contribution in [-0.2, 0) is 13.1 Å². The summed E-state index contributed by atoms with van der Waals surface area (Å²) >= 11 is 6.13. The van der Waals surface area contributed by atoms with Crippen molar-refractivity contribution in [3.05, 3.63) is 46.7 Å².